The number of hydrazine groups is 1. The number of carbonyl (C=O) groups excluding carboxylic acids is 1. The minimum Gasteiger partial charge on any atom is -0.463 e. The molecular weight excluding hydrogens is 387 g/mol. The summed E-state index contributed by atoms with van der Waals surface area (Å²) in [4.78, 5) is 13.8. The highest BCUT2D eigenvalue weighted by molar-refractivity contribution is 7.92. The molecule has 3 rings (SSSR count). The Bertz CT molecular complexity index is 1000. The highest BCUT2D eigenvalue weighted by atomic mass is 32.2. The molecule has 3 N–H and O–H groups in total. The number of carbonyl (C=O) groups is 1. The molecule has 1 aliphatic heterocycles. The van der Waals surface area contributed by atoms with Crippen molar-refractivity contribution in [3.05, 3.63) is 47.2 Å². The first-order valence-electron chi connectivity index (χ1n) is 8.69. The van der Waals surface area contributed by atoms with E-state index in [0.717, 1.165) is 0 Å². The summed E-state index contributed by atoms with van der Waals surface area (Å²) in [6, 6.07) is 4.88. The quantitative estimate of drug-likeness (QED) is 0.693. The van der Waals surface area contributed by atoms with E-state index in [1.807, 2.05) is 0 Å². The van der Waals surface area contributed by atoms with Crippen molar-refractivity contribution in [2.24, 2.45) is 5.92 Å². The molecule has 2 aromatic rings. The molecule has 28 heavy (non-hydrogen) atoms. The number of amides is 1. The second-order valence-electron chi connectivity index (χ2n) is 6.98. The van der Waals surface area contributed by atoms with Crippen LogP contribution in [0.2, 0.25) is 0 Å². The molecule has 10 heteroatoms. The Kier molecular flexibility index (Phi) is 5.46. The zero-order chi connectivity index (χ0) is 20.6. The molecule has 1 aromatic heterocycles. The van der Waals surface area contributed by atoms with Crippen LogP contribution in [0.4, 0.5) is 10.1 Å². The van der Waals surface area contributed by atoms with Gasteiger partial charge in [-0.2, -0.15) is 0 Å². The smallest absolute Gasteiger partial charge is 0.265 e. The Morgan fingerprint density at radius 2 is 2.00 bits per heavy atom. The maximum absolute atomic E-state index is 13.4. The third-order valence-electron chi connectivity index (χ3n) is 4.64. The fourth-order valence-corrected chi connectivity index (χ4v) is 4.39. The molecule has 0 bridgehead atoms. The van der Waals surface area contributed by atoms with E-state index in [9.17, 15) is 17.6 Å². The van der Waals surface area contributed by atoms with Crippen LogP contribution in [0.15, 0.2) is 33.6 Å². The molecule has 1 amide bonds. The molecule has 1 aromatic carbocycles. The zero-order valence-electron chi connectivity index (χ0n) is 16.0. The van der Waals surface area contributed by atoms with Gasteiger partial charge in [-0.25, -0.2) is 18.2 Å². The van der Waals surface area contributed by atoms with Gasteiger partial charge in [0, 0.05) is 32.4 Å². The fraction of sp³-hybridized carbons (Fsp3) is 0.389. The topological polar surface area (TPSA) is 104 Å². The van der Waals surface area contributed by atoms with Crippen molar-refractivity contribution in [2.75, 3.05) is 25.4 Å². The van der Waals surface area contributed by atoms with E-state index < -0.39 is 27.8 Å². The predicted octanol–water partition coefficient (Wildman–Crippen LogP) is 1.69. The van der Waals surface area contributed by atoms with Gasteiger partial charge in [0.15, 0.2) is 0 Å². The predicted molar refractivity (Wildman–Crippen MR) is 101 cm³/mol. The lowest BCUT2D eigenvalue weighted by Crippen LogP contribution is -2.34. The summed E-state index contributed by atoms with van der Waals surface area (Å²) in [7, 11) is -0.622. The highest BCUT2D eigenvalue weighted by Gasteiger charge is 2.38. The minimum atomic E-state index is -3.95. The van der Waals surface area contributed by atoms with Gasteiger partial charge in [-0.1, -0.05) is 0 Å². The van der Waals surface area contributed by atoms with Crippen molar-refractivity contribution < 1.29 is 22.0 Å². The summed E-state index contributed by atoms with van der Waals surface area (Å²) in [6.45, 7) is 3.49. The number of hydrogen-bond acceptors (Lipinski definition) is 6. The Labute approximate surface area is 163 Å². The largest absolute Gasteiger partial charge is 0.463 e. The number of nitrogens with zero attached hydrogens (tertiary/aromatic N) is 1. The Balaban J connectivity index is 1.88. The normalized spacial score (nSPS) is 19.6. The second-order valence-corrected chi connectivity index (χ2v) is 8.63. The number of hydrogen-bond donors (Lipinski definition) is 3. The van der Waals surface area contributed by atoms with Crippen LogP contribution < -0.4 is 15.6 Å². The van der Waals surface area contributed by atoms with Crippen molar-refractivity contribution in [1.29, 1.82) is 0 Å². The summed E-state index contributed by atoms with van der Waals surface area (Å²) in [5, 5.41) is 0. The zero-order valence-corrected chi connectivity index (χ0v) is 16.9. The molecule has 1 fully saturated rings. The number of halogens is 1. The number of furan rings is 1. The van der Waals surface area contributed by atoms with Gasteiger partial charge in [0.1, 0.15) is 22.2 Å². The number of aryl methyl sites for hydroxylation is 2. The lowest BCUT2D eigenvalue weighted by molar-refractivity contribution is -0.133. The number of rotatable bonds is 5. The lowest BCUT2D eigenvalue weighted by Gasteiger charge is -2.19. The lowest BCUT2D eigenvalue weighted by atomic mass is 9.98. The van der Waals surface area contributed by atoms with Crippen LogP contribution in [-0.2, 0) is 14.8 Å². The van der Waals surface area contributed by atoms with E-state index in [4.69, 9.17) is 4.42 Å². The molecule has 2 atom stereocenters. The number of benzene rings is 1. The van der Waals surface area contributed by atoms with Crippen LogP contribution in [0, 0.1) is 25.6 Å². The van der Waals surface area contributed by atoms with Gasteiger partial charge in [0.05, 0.1) is 12.0 Å². The van der Waals surface area contributed by atoms with E-state index in [1.54, 1.807) is 27.9 Å². The Morgan fingerprint density at radius 3 is 2.64 bits per heavy atom. The van der Waals surface area contributed by atoms with Crippen molar-refractivity contribution >= 4 is 21.6 Å². The minimum absolute atomic E-state index is 0.0331. The molecule has 0 spiro atoms. The summed E-state index contributed by atoms with van der Waals surface area (Å²) in [5.41, 5.74) is 6.47. The maximum Gasteiger partial charge on any atom is 0.265 e. The standard InChI is InChI=1S/C18H23FN4O4S/c1-10-7-12(5-6-14(10)19)22-28(25,26)16-8-15(27-11(16)2)17-13(9-20-21-17)18(24)23(3)4/h5-8,13,17,20-22H,9H2,1-4H3. The van der Waals surface area contributed by atoms with Crippen molar-refractivity contribution in [3.63, 3.8) is 0 Å². The van der Waals surface area contributed by atoms with Crippen LogP contribution in [0.25, 0.3) is 0 Å². The molecule has 152 valence electrons. The van der Waals surface area contributed by atoms with Crippen LogP contribution in [-0.4, -0.2) is 39.9 Å². The Hall–Kier alpha value is -2.43. The molecule has 2 unspecified atom stereocenters. The van der Waals surface area contributed by atoms with Crippen molar-refractivity contribution in [3.8, 4) is 0 Å². The van der Waals surface area contributed by atoms with Crippen LogP contribution in [0.3, 0.4) is 0 Å². The van der Waals surface area contributed by atoms with Gasteiger partial charge < -0.3 is 9.32 Å². The summed E-state index contributed by atoms with van der Waals surface area (Å²) >= 11 is 0. The fourth-order valence-electron chi connectivity index (χ4n) is 3.15. The van der Waals surface area contributed by atoms with E-state index in [0.29, 0.717) is 17.9 Å². The number of nitrogens with one attached hydrogen (secondary N) is 3. The van der Waals surface area contributed by atoms with Gasteiger partial charge in [0.25, 0.3) is 10.0 Å². The first-order chi connectivity index (χ1) is 13.1. The molecule has 1 saturated heterocycles. The van der Waals surface area contributed by atoms with Gasteiger partial charge >= 0.3 is 0 Å². The SMILES string of the molecule is Cc1cc(NS(=O)(=O)c2cc(C3NNCC3C(=O)N(C)C)oc2C)ccc1F. The average molecular weight is 410 g/mol. The molecule has 0 radical (unpaired) electrons. The van der Waals surface area contributed by atoms with Crippen LogP contribution in [0.5, 0.6) is 0 Å². The monoisotopic (exact) mass is 410 g/mol. The maximum atomic E-state index is 13.4. The van der Waals surface area contributed by atoms with E-state index in [2.05, 4.69) is 15.6 Å². The third-order valence-corrected chi connectivity index (χ3v) is 6.13. The molecule has 8 nitrogen and oxygen atoms in total. The third kappa shape index (κ3) is 3.89. The van der Waals surface area contributed by atoms with E-state index in [-0.39, 0.29) is 22.3 Å². The summed E-state index contributed by atoms with van der Waals surface area (Å²) in [5.74, 6) is -0.393. The highest BCUT2D eigenvalue weighted by Crippen LogP contribution is 2.32. The first-order valence-corrected chi connectivity index (χ1v) is 10.2. The van der Waals surface area contributed by atoms with E-state index >= 15 is 0 Å². The van der Waals surface area contributed by atoms with Crippen LogP contribution in [0.1, 0.15) is 23.1 Å². The Morgan fingerprint density at radius 1 is 1.29 bits per heavy atom. The molecule has 0 aliphatic carbocycles. The van der Waals surface area contributed by atoms with Crippen molar-refractivity contribution in [2.45, 2.75) is 24.8 Å². The molecule has 2 heterocycles. The van der Waals surface area contributed by atoms with Gasteiger partial charge in [0.2, 0.25) is 5.91 Å². The number of anilines is 1. The molecule has 1 aliphatic rings. The van der Waals surface area contributed by atoms with Crippen LogP contribution >= 0.6 is 0 Å². The van der Waals surface area contributed by atoms with E-state index in [1.165, 1.54) is 29.2 Å². The first kappa shape index (κ1) is 20.3. The van der Waals surface area contributed by atoms with Crippen molar-refractivity contribution in [1.82, 2.24) is 15.8 Å². The molecular formula is C18H23FN4O4S. The summed E-state index contributed by atoms with van der Waals surface area (Å²) in [6.07, 6.45) is 0. The second kappa shape index (κ2) is 7.53. The van der Waals surface area contributed by atoms with Gasteiger partial charge in [-0.05, 0) is 37.6 Å². The number of sulfonamides is 1. The van der Waals surface area contributed by atoms with Gasteiger partial charge in [-0.3, -0.25) is 14.9 Å². The summed E-state index contributed by atoms with van der Waals surface area (Å²) < 4.78 is 47.1. The van der Waals surface area contributed by atoms with Gasteiger partial charge in [-0.15, -0.1) is 0 Å². The molecule has 0 saturated carbocycles. The average Bonchev–Trinajstić information content (AvgIpc) is 3.23.